The van der Waals surface area contributed by atoms with Crippen molar-refractivity contribution in [2.45, 2.75) is 51.2 Å². The summed E-state index contributed by atoms with van der Waals surface area (Å²) in [6.45, 7) is 2.04. The van der Waals surface area contributed by atoms with Gasteiger partial charge in [0.2, 0.25) is 0 Å². The summed E-state index contributed by atoms with van der Waals surface area (Å²) in [5.41, 5.74) is 3.30. The van der Waals surface area contributed by atoms with Crippen LogP contribution < -0.4 is 0 Å². The van der Waals surface area contributed by atoms with Gasteiger partial charge in [-0.2, -0.15) is 0 Å². The van der Waals surface area contributed by atoms with Crippen LogP contribution in [0, 0.1) is 6.92 Å². The quantitative estimate of drug-likeness (QED) is 0.865. The minimum absolute atomic E-state index is 0.184. The highest BCUT2D eigenvalue weighted by atomic mass is 16.3. The van der Waals surface area contributed by atoms with Gasteiger partial charge in [0.25, 0.3) is 0 Å². The molecule has 1 fully saturated rings. The van der Waals surface area contributed by atoms with Crippen LogP contribution in [0.25, 0.3) is 11.0 Å². The second kappa shape index (κ2) is 4.38. The van der Waals surface area contributed by atoms with Crippen molar-refractivity contribution in [2.24, 2.45) is 4.99 Å². The minimum atomic E-state index is -0.184. The van der Waals surface area contributed by atoms with Gasteiger partial charge in [0.15, 0.2) is 5.82 Å². The molecule has 0 spiro atoms. The van der Waals surface area contributed by atoms with Crippen molar-refractivity contribution < 1.29 is 5.11 Å². The Morgan fingerprint density at radius 1 is 1.35 bits per heavy atom. The fourth-order valence-electron chi connectivity index (χ4n) is 3.61. The molecule has 0 amide bonds. The molecule has 0 saturated heterocycles. The molecule has 2 aromatic heterocycles. The van der Waals surface area contributed by atoms with E-state index in [2.05, 4.69) is 19.5 Å². The van der Waals surface area contributed by atoms with Crippen molar-refractivity contribution in [3.63, 3.8) is 0 Å². The number of hydrogen-bond donors (Lipinski definition) is 1. The van der Waals surface area contributed by atoms with Crippen LogP contribution in [-0.2, 0) is 6.42 Å². The first-order valence-electron chi connectivity index (χ1n) is 7.31. The molecule has 5 nitrogen and oxygen atoms in total. The number of pyridine rings is 1. The molecule has 104 valence electrons. The third-order valence-corrected chi connectivity index (χ3v) is 4.47. The normalized spacial score (nSPS) is 25.3. The number of rotatable bonds is 1. The molecule has 1 aliphatic carbocycles. The number of aliphatic hydroxyl groups excluding tert-OH is 1. The Hall–Kier alpha value is -1.75. The molecule has 3 heterocycles. The molecule has 5 heteroatoms. The van der Waals surface area contributed by atoms with Gasteiger partial charge in [0, 0.05) is 24.2 Å². The molecular formula is C15H18N4O. The molecule has 0 bridgehead atoms. The molecule has 1 N–H and O–H groups in total. The molecule has 2 aliphatic rings. The monoisotopic (exact) mass is 270 g/mol. The minimum Gasteiger partial charge on any atom is -0.393 e. The fraction of sp³-hybridized carbons (Fsp3) is 0.533. The molecule has 2 aromatic rings. The summed E-state index contributed by atoms with van der Waals surface area (Å²) < 4.78 is 2.31. The molecule has 1 saturated carbocycles. The lowest BCUT2D eigenvalue weighted by Gasteiger charge is -2.28. The largest absolute Gasteiger partial charge is 0.393 e. The number of aromatic nitrogens is 3. The van der Waals surface area contributed by atoms with Crippen molar-refractivity contribution in [2.75, 3.05) is 0 Å². The number of aliphatic imine (C=N–C) groups is 1. The summed E-state index contributed by atoms with van der Waals surface area (Å²) in [4.78, 5) is 13.4. The molecule has 0 radical (unpaired) electrons. The van der Waals surface area contributed by atoms with Gasteiger partial charge < -0.3 is 9.67 Å². The van der Waals surface area contributed by atoms with E-state index in [1.807, 2.05) is 19.3 Å². The highest BCUT2D eigenvalue weighted by Crippen LogP contribution is 2.36. The third-order valence-electron chi connectivity index (χ3n) is 4.47. The summed E-state index contributed by atoms with van der Waals surface area (Å²) in [5.74, 6) is 1.84. The van der Waals surface area contributed by atoms with Gasteiger partial charge in [0.05, 0.1) is 17.8 Å². The standard InChI is InChI=1S/C15H18N4O/c1-9-18-13-8-17-15-12(5-6-16-15)14(13)19(9)10-3-2-4-11(20)7-10/h6,8,10-11,20H,2-5,7H2,1H3/t10-,11-/m1/s1. The lowest BCUT2D eigenvalue weighted by Crippen LogP contribution is -2.23. The predicted molar refractivity (Wildman–Crippen MR) is 77.6 cm³/mol. The van der Waals surface area contributed by atoms with Crippen molar-refractivity contribution in [1.29, 1.82) is 0 Å². The van der Waals surface area contributed by atoms with Crippen LogP contribution in [0.3, 0.4) is 0 Å². The van der Waals surface area contributed by atoms with E-state index in [4.69, 9.17) is 0 Å². The first-order valence-corrected chi connectivity index (χ1v) is 7.31. The first kappa shape index (κ1) is 12.0. The highest BCUT2D eigenvalue weighted by Gasteiger charge is 2.26. The van der Waals surface area contributed by atoms with Crippen molar-refractivity contribution in [3.05, 3.63) is 17.6 Å². The Morgan fingerprint density at radius 3 is 3.10 bits per heavy atom. The van der Waals surface area contributed by atoms with E-state index in [-0.39, 0.29) is 6.10 Å². The number of nitrogens with zero attached hydrogens (tertiary/aromatic N) is 4. The second-order valence-corrected chi connectivity index (χ2v) is 5.81. The van der Waals surface area contributed by atoms with Gasteiger partial charge in [-0.15, -0.1) is 0 Å². The molecule has 2 atom stereocenters. The van der Waals surface area contributed by atoms with E-state index in [9.17, 15) is 5.11 Å². The van der Waals surface area contributed by atoms with Crippen LogP contribution in [0.4, 0.5) is 5.82 Å². The highest BCUT2D eigenvalue weighted by molar-refractivity contribution is 5.89. The van der Waals surface area contributed by atoms with Gasteiger partial charge in [-0.1, -0.05) is 0 Å². The molecule has 20 heavy (non-hydrogen) atoms. The number of aryl methyl sites for hydroxylation is 1. The van der Waals surface area contributed by atoms with Crippen molar-refractivity contribution >= 4 is 23.1 Å². The fourth-order valence-corrected chi connectivity index (χ4v) is 3.61. The van der Waals surface area contributed by atoms with E-state index < -0.39 is 0 Å². The van der Waals surface area contributed by atoms with E-state index >= 15 is 0 Å². The Balaban J connectivity index is 1.90. The van der Waals surface area contributed by atoms with E-state index in [1.54, 1.807) is 0 Å². The molecule has 1 aliphatic heterocycles. The van der Waals surface area contributed by atoms with Crippen LogP contribution in [-0.4, -0.2) is 32.0 Å². The molecular weight excluding hydrogens is 252 g/mol. The second-order valence-electron chi connectivity index (χ2n) is 5.81. The van der Waals surface area contributed by atoms with E-state index in [0.717, 1.165) is 49.3 Å². The SMILES string of the molecule is Cc1nc2cnc3c(c2n1[C@@H]1CCC[C@@H](O)C1)CC=N3. The smallest absolute Gasteiger partial charge is 0.157 e. The zero-order valence-electron chi connectivity index (χ0n) is 11.6. The number of hydrogen-bond acceptors (Lipinski definition) is 4. The number of imidazole rings is 1. The Kier molecular flexibility index (Phi) is 2.63. The Labute approximate surface area is 117 Å². The number of aliphatic hydroxyl groups is 1. The lowest BCUT2D eigenvalue weighted by molar-refractivity contribution is 0.104. The van der Waals surface area contributed by atoms with Crippen LogP contribution >= 0.6 is 0 Å². The molecule has 4 rings (SSSR count). The number of fused-ring (bicyclic) bond motifs is 3. The summed E-state index contributed by atoms with van der Waals surface area (Å²) in [6, 6.07) is 0.343. The maximum absolute atomic E-state index is 9.96. The van der Waals surface area contributed by atoms with E-state index in [0.29, 0.717) is 6.04 Å². The summed E-state index contributed by atoms with van der Waals surface area (Å²) in [7, 11) is 0. The summed E-state index contributed by atoms with van der Waals surface area (Å²) in [6.07, 6.45) is 8.32. The van der Waals surface area contributed by atoms with Crippen LogP contribution in [0.15, 0.2) is 11.2 Å². The average molecular weight is 270 g/mol. The Morgan fingerprint density at radius 2 is 2.25 bits per heavy atom. The zero-order valence-corrected chi connectivity index (χ0v) is 11.6. The third kappa shape index (κ3) is 1.69. The molecule has 0 unspecified atom stereocenters. The van der Waals surface area contributed by atoms with Gasteiger partial charge in [0.1, 0.15) is 11.3 Å². The van der Waals surface area contributed by atoms with Gasteiger partial charge in [-0.3, -0.25) is 0 Å². The average Bonchev–Trinajstić information content (AvgIpc) is 3.00. The first-order chi connectivity index (χ1) is 9.74. The van der Waals surface area contributed by atoms with Crippen LogP contribution in [0.1, 0.15) is 43.1 Å². The topological polar surface area (TPSA) is 63.3 Å². The summed E-state index contributed by atoms with van der Waals surface area (Å²) >= 11 is 0. The van der Waals surface area contributed by atoms with Gasteiger partial charge in [-0.25, -0.2) is 15.0 Å². The van der Waals surface area contributed by atoms with Crippen LogP contribution in [0.2, 0.25) is 0 Å². The molecule has 0 aromatic carbocycles. The zero-order chi connectivity index (χ0) is 13.7. The predicted octanol–water partition coefficient (Wildman–Crippen LogP) is 2.47. The van der Waals surface area contributed by atoms with Crippen LogP contribution in [0.5, 0.6) is 0 Å². The van der Waals surface area contributed by atoms with Gasteiger partial charge in [-0.05, 0) is 32.6 Å². The Bertz CT molecular complexity index is 703. The van der Waals surface area contributed by atoms with E-state index in [1.165, 1.54) is 11.1 Å². The van der Waals surface area contributed by atoms with Crippen molar-refractivity contribution in [3.8, 4) is 0 Å². The maximum atomic E-state index is 9.96. The summed E-state index contributed by atoms with van der Waals surface area (Å²) in [5, 5.41) is 9.96. The maximum Gasteiger partial charge on any atom is 0.157 e. The lowest BCUT2D eigenvalue weighted by atomic mass is 9.92. The van der Waals surface area contributed by atoms with Gasteiger partial charge >= 0.3 is 0 Å². The van der Waals surface area contributed by atoms with Crippen molar-refractivity contribution in [1.82, 2.24) is 14.5 Å².